The number of thioether (sulfide) groups is 1. The van der Waals surface area contributed by atoms with Gasteiger partial charge in [-0.15, -0.1) is 5.10 Å². The van der Waals surface area contributed by atoms with Crippen LogP contribution in [0, 0.1) is 13.8 Å². The van der Waals surface area contributed by atoms with Gasteiger partial charge in [0.05, 0.1) is 5.69 Å². The van der Waals surface area contributed by atoms with Crippen LogP contribution < -0.4 is 0 Å². The van der Waals surface area contributed by atoms with Gasteiger partial charge in [0.1, 0.15) is 5.25 Å². The third-order valence-corrected chi connectivity index (χ3v) is 6.39. The Labute approximate surface area is 168 Å². The van der Waals surface area contributed by atoms with Gasteiger partial charge in [0.25, 0.3) is 0 Å². The number of hydrogen-bond donors (Lipinski definition) is 0. The van der Waals surface area contributed by atoms with E-state index < -0.39 is 0 Å². The summed E-state index contributed by atoms with van der Waals surface area (Å²) in [6.45, 7) is 5.78. The Morgan fingerprint density at radius 3 is 2.54 bits per heavy atom. The van der Waals surface area contributed by atoms with E-state index in [9.17, 15) is 4.79 Å². The number of hydrogen-bond acceptors (Lipinski definition) is 5. The highest BCUT2D eigenvalue weighted by molar-refractivity contribution is 8.00. The van der Waals surface area contributed by atoms with Crippen LogP contribution in [-0.4, -0.2) is 44.1 Å². The first kappa shape index (κ1) is 18.7. The predicted molar refractivity (Wildman–Crippen MR) is 109 cm³/mol. The number of rotatable bonds is 5. The monoisotopic (exact) mass is 393 g/mol. The second-order valence-electron chi connectivity index (χ2n) is 7.03. The highest BCUT2D eigenvalue weighted by Crippen LogP contribution is 2.37. The summed E-state index contributed by atoms with van der Waals surface area (Å²) in [6, 6.07) is 16.0. The minimum Gasteiger partial charge on any atom is -0.341 e. The van der Waals surface area contributed by atoms with E-state index >= 15 is 0 Å². The van der Waals surface area contributed by atoms with Crippen molar-refractivity contribution >= 4 is 17.7 Å². The smallest absolute Gasteiger partial charge is 0.240 e. The molecule has 0 N–H and O–H groups in total. The Balaban J connectivity index is 1.69. The predicted octanol–water partition coefficient (Wildman–Crippen LogP) is 3.73. The van der Waals surface area contributed by atoms with Gasteiger partial charge in [-0.2, -0.15) is 4.68 Å². The fourth-order valence-corrected chi connectivity index (χ4v) is 4.54. The zero-order valence-electron chi connectivity index (χ0n) is 16.1. The molecule has 1 amide bonds. The topological polar surface area (TPSA) is 63.9 Å². The summed E-state index contributed by atoms with van der Waals surface area (Å²) >= 11 is 1.42. The van der Waals surface area contributed by atoms with Crippen molar-refractivity contribution in [1.82, 2.24) is 25.1 Å². The van der Waals surface area contributed by atoms with Crippen LogP contribution in [0.1, 0.15) is 34.8 Å². The van der Waals surface area contributed by atoms with E-state index in [1.54, 1.807) is 4.68 Å². The molecule has 144 valence electrons. The normalized spacial score (nSPS) is 15.0. The van der Waals surface area contributed by atoms with Crippen molar-refractivity contribution in [3.05, 3.63) is 65.2 Å². The molecule has 6 nitrogen and oxygen atoms in total. The molecule has 0 bridgehead atoms. The van der Waals surface area contributed by atoms with Gasteiger partial charge >= 0.3 is 0 Å². The molecule has 1 fully saturated rings. The van der Waals surface area contributed by atoms with Crippen LogP contribution in [0.2, 0.25) is 0 Å². The van der Waals surface area contributed by atoms with E-state index in [0.29, 0.717) is 5.16 Å². The first-order chi connectivity index (χ1) is 13.6. The maximum atomic E-state index is 13.3. The van der Waals surface area contributed by atoms with E-state index in [4.69, 9.17) is 0 Å². The molecular formula is C21H23N5OS. The number of aryl methyl sites for hydroxylation is 1. The molecule has 0 saturated carbocycles. The summed E-state index contributed by atoms with van der Waals surface area (Å²) in [5.41, 5.74) is 4.21. The maximum Gasteiger partial charge on any atom is 0.240 e. The number of carbonyl (C=O) groups is 1. The minimum atomic E-state index is -0.367. The molecule has 1 aliphatic heterocycles. The summed E-state index contributed by atoms with van der Waals surface area (Å²) in [5.74, 6) is 0.129. The molecule has 1 aromatic heterocycles. The first-order valence-electron chi connectivity index (χ1n) is 9.50. The van der Waals surface area contributed by atoms with Crippen molar-refractivity contribution in [1.29, 1.82) is 0 Å². The van der Waals surface area contributed by atoms with Gasteiger partial charge in [-0.1, -0.05) is 54.2 Å². The highest BCUT2D eigenvalue weighted by atomic mass is 32.2. The number of nitrogens with zero attached hydrogens (tertiary/aromatic N) is 5. The quantitative estimate of drug-likeness (QED) is 0.618. The lowest BCUT2D eigenvalue weighted by atomic mass is 10.1. The van der Waals surface area contributed by atoms with Gasteiger partial charge in [-0.25, -0.2) is 0 Å². The number of aromatic nitrogens is 4. The number of amides is 1. The van der Waals surface area contributed by atoms with Gasteiger partial charge < -0.3 is 4.90 Å². The van der Waals surface area contributed by atoms with Crippen LogP contribution in [-0.2, 0) is 4.79 Å². The second kappa shape index (κ2) is 8.14. The van der Waals surface area contributed by atoms with Gasteiger partial charge in [0, 0.05) is 13.1 Å². The number of carbonyl (C=O) groups excluding carboxylic acids is 1. The summed E-state index contributed by atoms with van der Waals surface area (Å²) in [5, 5.41) is 12.6. The van der Waals surface area contributed by atoms with Gasteiger partial charge in [-0.3, -0.25) is 4.79 Å². The summed E-state index contributed by atoms with van der Waals surface area (Å²) in [7, 11) is 0. The lowest BCUT2D eigenvalue weighted by molar-refractivity contribution is -0.129. The Bertz CT molecular complexity index is 966. The standard InChI is InChI=1S/C21H23N5OS/c1-15-9-8-12-18(16(15)2)26-21(22-23-24-26)28-19(17-10-4-3-5-11-17)20(27)25-13-6-7-14-25/h3-5,8-12,19H,6-7,13-14H2,1-2H3/t19-/m1/s1. The van der Waals surface area contributed by atoms with Crippen molar-refractivity contribution < 1.29 is 4.79 Å². The van der Waals surface area contributed by atoms with Crippen molar-refractivity contribution in [2.75, 3.05) is 13.1 Å². The fraction of sp³-hybridized carbons (Fsp3) is 0.333. The van der Waals surface area contributed by atoms with E-state index in [-0.39, 0.29) is 11.2 Å². The number of likely N-dealkylation sites (tertiary alicyclic amines) is 1. The Hall–Kier alpha value is -2.67. The SMILES string of the molecule is Cc1cccc(-n2nnnc2S[C@@H](C(=O)N2CCCC2)c2ccccc2)c1C. The summed E-state index contributed by atoms with van der Waals surface area (Å²) in [4.78, 5) is 15.2. The molecule has 0 spiro atoms. The zero-order chi connectivity index (χ0) is 19.5. The largest absolute Gasteiger partial charge is 0.341 e. The Morgan fingerprint density at radius 1 is 1.04 bits per heavy atom. The van der Waals surface area contributed by atoms with Crippen LogP contribution in [0.15, 0.2) is 53.7 Å². The maximum absolute atomic E-state index is 13.3. The Kier molecular flexibility index (Phi) is 5.43. The van der Waals surface area contributed by atoms with Crippen molar-refractivity contribution in [3.8, 4) is 5.69 Å². The van der Waals surface area contributed by atoms with Gasteiger partial charge in [-0.05, 0) is 59.9 Å². The zero-order valence-corrected chi connectivity index (χ0v) is 16.9. The van der Waals surface area contributed by atoms with Crippen LogP contribution >= 0.6 is 11.8 Å². The molecule has 2 heterocycles. The van der Waals surface area contributed by atoms with Gasteiger partial charge in [0.2, 0.25) is 11.1 Å². The van der Waals surface area contributed by atoms with Crippen molar-refractivity contribution in [2.24, 2.45) is 0 Å². The lowest BCUT2D eigenvalue weighted by Gasteiger charge is -2.22. The molecule has 1 saturated heterocycles. The van der Waals surface area contributed by atoms with Crippen molar-refractivity contribution in [2.45, 2.75) is 37.1 Å². The molecule has 0 radical (unpaired) electrons. The average Bonchev–Trinajstić information content (AvgIpc) is 3.40. The number of tetrazole rings is 1. The molecule has 28 heavy (non-hydrogen) atoms. The summed E-state index contributed by atoms with van der Waals surface area (Å²) < 4.78 is 1.74. The van der Waals surface area contributed by atoms with E-state index in [1.165, 1.54) is 17.3 Å². The van der Waals surface area contributed by atoms with Crippen LogP contribution in [0.3, 0.4) is 0 Å². The van der Waals surface area contributed by atoms with E-state index in [1.807, 2.05) is 47.4 Å². The van der Waals surface area contributed by atoms with Crippen LogP contribution in [0.25, 0.3) is 5.69 Å². The molecule has 2 aromatic carbocycles. The third-order valence-electron chi connectivity index (χ3n) is 5.21. The molecule has 1 atom stereocenters. The molecule has 4 rings (SSSR count). The highest BCUT2D eigenvalue weighted by Gasteiger charge is 2.30. The van der Waals surface area contributed by atoms with Gasteiger partial charge in [0.15, 0.2) is 0 Å². The van der Waals surface area contributed by atoms with E-state index in [2.05, 4.69) is 35.4 Å². The third kappa shape index (κ3) is 3.67. The summed E-state index contributed by atoms with van der Waals surface area (Å²) in [6.07, 6.45) is 2.14. The molecular weight excluding hydrogens is 370 g/mol. The molecule has 7 heteroatoms. The van der Waals surface area contributed by atoms with Crippen LogP contribution in [0.5, 0.6) is 0 Å². The molecule has 0 aliphatic carbocycles. The first-order valence-corrected chi connectivity index (χ1v) is 10.4. The van der Waals surface area contributed by atoms with Crippen molar-refractivity contribution in [3.63, 3.8) is 0 Å². The molecule has 0 unspecified atom stereocenters. The Morgan fingerprint density at radius 2 is 1.79 bits per heavy atom. The minimum absolute atomic E-state index is 0.129. The second-order valence-corrected chi connectivity index (χ2v) is 8.11. The van der Waals surface area contributed by atoms with Crippen LogP contribution in [0.4, 0.5) is 0 Å². The average molecular weight is 394 g/mol. The molecule has 1 aliphatic rings. The lowest BCUT2D eigenvalue weighted by Crippen LogP contribution is -2.31. The molecule has 3 aromatic rings. The van der Waals surface area contributed by atoms with E-state index in [0.717, 1.165) is 42.7 Å². The number of benzene rings is 2. The fourth-order valence-electron chi connectivity index (χ4n) is 3.47.